The lowest BCUT2D eigenvalue weighted by Gasteiger charge is -2.22. The predicted molar refractivity (Wildman–Crippen MR) is 116 cm³/mol. The van der Waals surface area contributed by atoms with E-state index in [2.05, 4.69) is 22.2 Å². The number of anilines is 1. The molecule has 2 aromatic carbocycles. The Morgan fingerprint density at radius 1 is 1.13 bits per heavy atom. The molecule has 2 N–H and O–H groups in total. The van der Waals surface area contributed by atoms with Gasteiger partial charge in [-0.25, -0.2) is 9.67 Å². The molecule has 0 saturated heterocycles. The van der Waals surface area contributed by atoms with Gasteiger partial charge in [-0.3, -0.25) is 9.59 Å². The van der Waals surface area contributed by atoms with E-state index >= 15 is 0 Å². The van der Waals surface area contributed by atoms with Crippen LogP contribution in [0.25, 0.3) is 0 Å². The molecule has 1 atom stereocenters. The van der Waals surface area contributed by atoms with Crippen molar-refractivity contribution in [2.75, 3.05) is 18.6 Å². The third-order valence-electron chi connectivity index (χ3n) is 5.47. The normalized spacial score (nSPS) is 17.4. The summed E-state index contributed by atoms with van der Waals surface area (Å²) < 4.78 is 7.23. The molecule has 3 aromatic rings. The number of hydrogen-bond donors (Lipinski definition) is 1. The number of ether oxygens (including phenoxy) is 1. The molecule has 31 heavy (non-hydrogen) atoms. The summed E-state index contributed by atoms with van der Waals surface area (Å²) in [6, 6.07) is 17.8. The van der Waals surface area contributed by atoms with Crippen molar-refractivity contribution in [2.45, 2.75) is 31.7 Å². The van der Waals surface area contributed by atoms with Crippen LogP contribution in [0.15, 0.2) is 54.6 Å². The average molecular weight is 419 g/mol. The Morgan fingerprint density at radius 3 is 2.65 bits per heavy atom. The number of aromatic nitrogens is 3. The first-order valence-electron chi connectivity index (χ1n) is 10.3. The van der Waals surface area contributed by atoms with Gasteiger partial charge in [0, 0.05) is 19.5 Å². The topological polar surface area (TPSA) is 103 Å². The molecule has 160 valence electrons. The second-order valence-corrected chi connectivity index (χ2v) is 7.51. The fraction of sp³-hybridized carbons (Fsp3) is 0.304. The number of aryl methyl sites for hydroxylation is 1. The van der Waals surface area contributed by atoms with Gasteiger partial charge in [0.1, 0.15) is 11.6 Å². The Morgan fingerprint density at radius 2 is 1.87 bits per heavy atom. The fourth-order valence-corrected chi connectivity index (χ4v) is 3.86. The number of carbonyl (C=O) groups excluding carboxylic acids is 2. The smallest absolute Gasteiger partial charge is 0.288 e. The molecule has 1 unspecified atom stereocenters. The quantitative estimate of drug-likeness (QED) is 0.688. The van der Waals surface area contributed by atoms with Gasteiger partial charge in [0.2, 0.25) is 11.7 Å². The highest BCUT2D eigenvalue weighted by atomic mass is 16.5. The minimum atomic E-state index is -0.566. The minimum Gasteiger partial charge on any atom is -0.491 e. The van der Waals surface area contributed by atoms with Gasteiger partial charge < -0.3 is 15.4 Å². The summed E-state index contributed by atoms with van der Waals surface area (Å²) in [5.74, 6) is 1.50. The van der Waals surface area contributed by atoms with Crippen molar-refractivity contribution in [1.29, 1.82) is 0 Å². The maximum atomic E-state index is 11.4. The highest BCUT2D eigenvalue weighted by Gasteiger charge is 2.26. The average Bonchev–Trinajstić information content (AvgIpc) is 3.19. The zero-order valence-electron chi connectivity index (χ0n) is 17.4. The second kappa shape index (κ2) is 8.99. The third-order valence-corrected chi connectivity index (χ3v) is 5.47. The van der Waals surface area contributed by atoms with E-state index in [0.29, 0.717) is 13.0 Å². The highest BCUT2D eigenvalue weighted by Crippen LogP contribution is 2.32. The number of hydrogen-bond acceptors (Lipinski definition) is 5. The van der Waals surface area contributed by atoms with Crippen molar-refractivity contribution in [2.24, 2.45) is 5.73 Å². The number of amides is 2. The fourth-order valence-electron chi connectivity index (χ4n) is 3.86. The maximum Gasteiger partial charge on any atom is 0.288 e. The molecule has 3 heterocycles. The number of benzene rings is 2. The molecule has 0 spiro atoms. The molecule has 5 rings (SSSR count). The number of fused-ring (bicyclic) bond motifs is 2. The Labute approximate surface area is 180 Å². The first-order valence-corrected chi connectivity index (χ1v) is 10.3. The molecule has 0 bridgehead atoms. The molecule has 0 saturated carbocycles. The van der Waals surface area contributed by atoms with E-state index in [9.17, 15) is 9.59 Å². The van der Waals surface area contributed by atoms with Crippen LogP contribution in [0.3, 0.4) is 0 Å². The second-order valence-electron chi connectivity index (χ2n) is 7.51. The molecular weight excluding hydrogens is 394 g/mol. The van der Waals surface area contributed by atoms with Crippen LogP contribution in [-0.2, 0) is 11.3 Å². The summed E-state index contributed by atoms with van der Waals surface area (Å²) in [5.41, 5.74) is 7.29. The van der Waals surface area contributed by atoms with Gasteiger partial charge in [-0.05, 0) is 30.5 Å². The molecule has 2 aliphatic rings. The Bertz CT molecular complexity index is 1080. The molecule has 2 amide bonds. The standard InChI is InChI=1S/C13H14N4O.C10H11NO2/c14-11(18)12-15-13-10(7-4-8-17(13)16-12)9-5-2-1-3-6-9;1-11-8-4-2-3-5-9(8)13-7-6-10(11)12/h1-3,5-6,10H,4,7-8H2,(H2,14,18);2-5H,6-7H2,1H3. The SMILES string of the molecule is CN1C(=O)CCOc2ccccc21.NC(=O)c1nc2n(n1)CCCC2c1ccccc1. The molecule has 8 heteroatoms. The van der Waals surface area contributed by atoms with Crippen LogP contribution in [0.5, 0.6) is 5.75 Å². The molecule has 8 nitrogen and oxygen atoms in total. The first kappa shape index (κ1) is 20.6. The summed E-state index contributed by atoms with van der Waals surface area (Å²) in [4.78, 5) is 28.5. The van der Waals surface area contributed by atoms with Gasteiger partial charge in [0.05, 0.1) is 18.7 Å². The predicted octanol–water partition coefficient (Wildman–Crippen LogP) is 2.73. The van der Waals surface area contributed by atoms with E-state index < -0.39 is 5.91 Å². The van der Waals surface area contributed by atoms with Gasteiger partial charge in [0.15, 0.2) is 0 Å². The van der Waals surface area contributed by atoms with E-state index in [-0.39, 0.29) is 17.6 Å². The minimum absolute atomic E-state index is 0.102. The van der Waals surface area contributed by atoms with Crippen LogP contribution < -0.4 is 15.4 Å². The molecule has 1 aromatic heterocycles. The van der Waals surface area contributed by atoms with Gasteiger partial charge in [-0.2, -0.15) is 0 Å². The van der Waals surface area contributed by atoms with Crippen LogP contribution in [-0.4, -0.2) is 40.2 Å². The Balaban J connectivity index is 0.000000158. The number of primary amides is 1. The monoisotopic (exact) mass is 419 g/mol. The lowest BCUT2D eigenvalue weighted by atomic mass is 9.91. The van der Waals surface area contributed by atoms with Gasteiger partial charge in [0.25, 0.3) is 5.91 Å². The molecule has 0 radical (unpaired) electrons. The highest BCUT2D eigenvalue weighted by molar-refractivity contribution is 5.95. The summed E-state index contributed by atoms with van der Waals surface area (Å²) in [6.45, 7) is 1.28. The molecule has 0 aliphatic carbocycles. The van der Waals surface area contributed by atoms with Crippen LogP contribution in [0.1, 0.15) is 47.2 Å². The van der Waals surface area contributed by atoms with Gasteiger partial charge in [-0.15, -0.1) is 5.10 Å². The number of rotatable bonds is 2. The van der Waals surface area contributed by atoms with Crippen LogP contribution in [0, 0.1) is 0 Å². The number of carbonyl (C=O) groups is 2. The van der Waals surface area contributed by atoms with Gasteiger partial charge >= 0.3 is 0 Å². The van der Waals surface area contributed by atoms with Gasteiger partial charge in [-0.1, -0.05) is 42.5 Å². The van der Waals surface area contributed by atoms with Crippen molar-refractivity contribution in [3.8, 4) is 5.75 Å². The lowest BCUT2D eigenvalue weighted by Crippen LogP contribution is -2.24. The molecular formula is C23H25N5O3. The summed E-state index contributed by atoms with van der Waals surface area (Å²) in [5, 5.41) is 4.16. The van der Waals surface area contributed by atoms with E-state index in [4.69, 9.17) is 10.5 Å². The van der Waals surface area contributed by atoms with E-state index in [1.54, 1.807) is 16.6 Å². The largest absolute Gasteiger partial charge is 0.491 e. The number of para-hydroxylation sites is 2. The summed E-state index contributed by atoms with van der Waals surface area (Å²) in [7, 11) is 1.77. The molecule has 2 aliphatic heterocycles. The van der Waals surface area contributed by atoms with Crippen molar-refractivity contribution in [3.05, 3.63) is 71.8 Å². The van der Waals surface area contributed by atoms with E-state index in [1.807, 2.05) is 42.5 Å². The van der Waals surface area contributed by atoms with Crippen molar-refractivity contribution >= 4 is 17.5 Å². The molecule has 0 fully saturated rings. The van der Waals surface area contributed by atoms with Crippen LogP contribution in [0.4, 0.5) is 5.69 Å². The number of nitrogens with two attached hydrogens (primary N) is 1. The zero-order valence-corrected chi connectivity index (χ0v) is 17.4. The van der Waals surface area contributed by atoms with Crippen molar-refractivity contribution in [3.63, 3.8) is 0 Å². The first-order chi connectivity index (χ1) is 15.0. The third kappa shape index (κ3) is 4.42. The van der Waals surface area contributed by atoms with Crippen LogP contribution in [0.2, 0.25) is 0 Å². The van der Waals surface area contributed by atoms with Crippen molar-refractivity contribution in [1.82, 2.24) is 14.8 Å². The van der Waals surface area contributed by atoms with E-state index in [0.717, 1.165) is 36.6 Å². The maximum absolute atomic E-state index is 11.4. The summed E-state index contributed by atoms with van der Waals surface area (Å²) in [6.07, 6.45) is 2.51. The zero-order chi connectivity index (χ0) is 21.8. The summed E-state index contributed by atoms with van der Waals surface area (Å²) >= 11 is 0. The Kier molecular flexibility index (Phi) is 5.97. The van der Waals surface area contributed by atoms with Crippen LogP contribution >= 0.6 is 0 Å². The lowest BCUT2D eigenvalue weighted by molar-refractivity contribution is -0.118. The van der Waals surface area contributed by atoms with Crippen molar-refractivity contribution < 1.29 is 14.3 Å². The van der Waals surface area contributed by atoms with E-state index in [1.165, 1.54) is 5.56 Å². The number of nitrogens with zero attached hydrogens (tertiary/aromatic N) is 4. The Hall–Kier alpha value is -3.68.